The quantitative estimate of drug-likeness (QED) is 0.812. The van der Waals surface area contributed by atoms with E-state index in [4.69, 9.17) is 0 Å². The van der Waals surface area contributed by atoms with E-state index >= 15 is 0 Å². The van der Waals surface area contributed by atoms with Gasteiger partial charge in [0.15, 0.2) is 5.69 Å². The summed E-state index contributed by atoms with van der Waals surface area (Å²) >= 11 is 0. The molecule has 2 aromatic rings. The van der Waals surface area contributed by atoms with Crippen LogP contribution in [0.25, 0.3) is 0 Å². The highest BCUT2D eigenvalue weighted by molar-refractivity contribution is 5.92. The van der Waals surface area contributed by atoms with E-state index in [9.17, 15) is 4.79 Å². The van der Waals surface area contributed by atoms with Crippen LogP contribution >= 0.6 is 0 Å². The van der Waals surface area contributed by atoms with Gasteiger partial charge in [0.05, 0.1) is 6.20 Å². The summed E-state index contributed by atoms with van der Waals surface area (Å²) in [6, 6.07) is 8.76. The molecule has 0 bridgehead atoms. The Labute approximate surface area is 173 Å². The minimum Gasteiger partial charge on any atom is -0.330 e. The number of rotatable bonds is 6. The zero-order valence-corrected chi connectivity index (χ0v) is 17.5. The Morgan fingerprint density at radius 1 is 1.21 bits per heavy atom. The van der Waals surface area contributed by atoms with Crippen molar-refractivity contribution in [3.05, 3.63) is 47.3 Å². The van der Waals surface area contributed by atoms with Gasteiger partial charge in [-0.05, 0) is 57.2 Å². The van der Waals surface area contributed by atoms with Gasteiger partial charge >= 0.3 is 0 Å². The van der Waals surface area contributed by atoms with Crippen molar-refractivity contribution in [2.45, 2.75) is 71.0 Å². The van der Waals surface area contributed by atoms with Gasteiger partial charge in [-0.3, -0.25) is 9.48 Å². The molecule has 1 aliphatic heterocycles. The fraction of sp³-hybridized carbons (Fsp3) is 0.609. The number of hydrogen-bond donors (Lipinski definition) is 1. The highest BCUT2D eigenvalue weighted by Gasteiger charge is 2.28. The first-order chi connectivity index (χ1) is 14.2. The molecule has 0 unspecified atom stereocenters. The lowest BCUT2D eigenvalue weighted by Gasteiger charge is -2.34. The van der Waals surface area contributed by atoms with Crippen LogP contribution in [0.2, 0.25) is 0 Å². The summed E-state index contributed by atoms with van der Waals surface area (Å²) in [4.78, 5) is 15.5. The summed E-state index contributed by atoms with van der Waals surface area (Å²) < 4.78 is 1.86. The van der Waals surface area contributed by atoms with E-state index in [1.165, 1.54) is 43.2 Å². The van der Waals surface area contributed by atoms with Crippen LogP contribution in [-0.4, -0.2) is 44.9 Å². The molecule has 1 aromatic carbocycles. The summed E-state index contributed by atoms with van der Waals surface area (Å²) in [6.45, 7) is 5.69. The average Bonchev–Trinajstić information content (AvgIpc) is 3.21. The number of benzene rings is 1. The van der Waals surface area contributed by atoms with Crippen molar-refractivity contribution in [1.82, 2.24) is 25.2 Å². The van der Waals surface area contributed by atoms with Crippen molar-refractivity contribution < 1.29 is 4.79 Å². The minimum atomic E-state index is 0.0198. The van der Waals surface area contributed by atoms with E-state index in [1.54, 1.807) is 0 Å². The molecule has 1 atom stereocenters. The molecule has 2 fully saturated rings. The van der Waals surface area contributed by atoms with Gasteiger partial charge in [-0.1, -0.05) is 54.3 Å². The number of amides is 1. The number of nitrogens with one attached hydrogen (secondary N) is 1. The monoisotopic (exact) mass is 395 g/mol. The number of carbonyl (C=O) groups is 1. The Bertz CT molecular complexity index is 805. The van der Waals surface area contributed by atoms with Gasteiger partial charge < -0.3 is 10.2 Å². The molecule has 1 aromatic heterocycles. The van der Waals surface area contributed by atoms with Crippen LogP contribution in [0, 0.1) is 12.8 Å². The number of piperidine rings is 1. The molecule has 2 heterocycles. The van der Waals surface area contributed by atoms with Gasteiger partial charge in [0.25, 0.3) is 5.91 Å². The van der Waals surface area contributed by atoms with Gasteiger partial charge in [-0.2, -0.15) is 0 Å². The van der Waals surface area contributed by atoms with Gasteiger partial charge in [-0.25, -0.2) is 0 Å². The second-order valence-electron chi connectivity index (χ2n) is 8.75. The first kappa shape index (κ1) is 20.1. The largest absolute Gasteiger partial charge is 0.330 e. The molecular formula is C23H33N5O. The zero-order valence-electron chi connectivity index (χ0n) is 17.5. The van der Waals surface area contributed by atoms with E-state index in [2.05, 4.69) is 46.8 Å². The molecule has 6 heteroatoms. The van der Waals surface area contributed by atoms with Gasteiger partial charge in [0, 0.05) is 19.1 Å². The molecule has 2 aliphatic rings. The molecule has 4 rings (SSSR count). The standard InChI is InChI=1S/C23H33N5O/c1-18-7-5-8-19(13-18)16-28(21-10-3-2-4-11-21)23(29)22-17-27(26-25-22)15-20-9-6-12-24-14-20/h5,7-8,13,17,20-21,24H,2-4,6,9-12,14-16H2,1H3/t20-/m0/s1. The lowest BCUT2D eigenvalue weighted by Crippen LogP contribution is -2.41. The van der Waals surface area contributed by atoms with Crippen molar-refractivity contribution >= 4 is 5.91 Å². The Balaban J connectivity index is 1.49. The lowest BCUT2D eigenvalue weighted by molar-refractivity contribution is 0.0608. The Morgan fingerprint density at radius 3 is 2.83 bits per heavy atom. The van der Waals surface area contributed by atoms with Gasteiger partial charge in [0.1, 0.15) is 0 Å². The third-order valence-electron chi connectivity index (χ3n) is 6.31. The first-order valence-electron chi connectivity index (χ1n) is 11.2. The van der Waals surface area contributed by atoms with E-state index in [0.29, 0.717) is 24.2 Å². The van der Waals surface area contributed by atoms with Crippen molar-refractivity contribution in [2.75, 3.05) is 13.1 Å². The smallest absolute Gasteiger partial charge is 0.276 e. The van der Waals surface area contributed by atoms with E-state index in [1.807, 2.05) is 15.8 Å². The Morgan fingerprint density at radius 2 is 2.07 bits per heavy atom. The summed E-state index contributed by atoms with van der Waals surface area (Å²) in [5.74, 6) is 0.585. The maximum Gasteiger partial charge on any atom is 0.276 e. The molecule has 1 aliphatic carbocycles. The molecular weight excluding hydrogens is 362 g/mol. The molecule has 1 saturated carbocycles. The van der Waals surface area contributed by atoms with Gasteiger partial charge in [-0.15, -0.1) is 5.10 Å². The normalized spacial score (nSPS) is 20.5. The summed E-state index contributed by atoms with van der Waals surface area (Å²) in [5, 5.41) is 12.0. The summed E-state index contributed by atoms with van der Waals surface area (Å²) in [6.07, 6.45) is 10.1. The minimum absolute atomic E-state index is 0.0198. The molecule has 29 heavy (non-hydrogen) atoms. The Kier molecular flexibility index (Phi) is 6.60. The maximum atomic E-state index is 13.4. The topological polar surface area (TPSA) is 63.1 Å². The number of aryl methyl sites for hydroxylation is 1. The number of aromatic nitrogens is 3. The van der Waals surface area contributed by atoms with Gasteiger partial charge in [0.2, 0.25) is 0 Å². The second-order valence-corrected chi connectivity index (χ2v) is 8.75. The molecule has 0 spiro atoms. The van der Waals surface area contributed by atoms with Crippen molar-refractivity contribution in [3.63, 3.8) is 0 Å². The predicted octanol–water partition coefficient (Wildman–Crippen LogP) is 3.56. The van der Waals surface area contributed by atoms with Crippen molar-refractivity contribution in [2.24, 2.45) is 5.92 Å². The van der Waals surface area contributed by atoms with Crippen LogP contribution in [-0.2, 0) is 13.1 Å². The molecule has 156 valence electrons. The predicted molar refractivity (Wildman–Crippen MR) is 114 cm³/mol. The second kappa shape index (κ2) is 9.53. The van der Waals surface area contributed by atoms with Crippen molar-refractivity contribution in [3.8, 4) is 0 Å². The van der Waals surface area contributed by atoms with Crippen LogP contribution in [0.3, 0.4) is 0 Å². The molecule has 0 radical (unpaired) electrons. The fourth-order valence-electron chi connectivity index (χ4n) is 4.74. The zero-order chi connectivity index (χ0) is 20.1. The average molecular weight is 396 g/mol. The van der Waals surface area contributed by atoms with Crippen LogP contribution in [0.4, 0.5) is 0 Å². The molecule has 1 amide bonds. The lowest BCUT2D eigenvalue weighted by atomic mass is 9.93. The highest BCUT2D eigenvalue weighted by atomic mass is 16.2. The van der Waals surface area contributed by atoms with Crippen LogP contribution in [0.1, 0.15) is 66.6 Å². The first-order valence-corrected chi connectivity index (χ1v) is 11.2. The molecule has 6 nitrogen and oxygen atoms in total. The third kappa shape index (κ3) is 5.24. The molecule has 1 N–H and O–H groups in total. The highest BCUT2D eigenvalue weighted by Crippen LogP contribution is 2.25. The Hall–Kier alpha value is -2.21. The van der Waals surface area contributed by atoms with Crippen LogP contribution in [0.5, 0.6) is 0 Å². The SMILES string of the molecule is Cc1cccc(CN(C(=O)c2cn(C[C@H]3CCCNC3)nn2)C2CCCCC2)c1. The maximum absolute atomic E-state index is 13.4. The fourth-order valence-corrected chi connectivity index (χ4v) is 4.74. The number of hydrogen-bond acceptors (Lipinski definition) is 4. The van der Waals surface area contributed by atoms with Crippen LogP contribution in [0.15, 0.2) is 30.5 Å². The summed E-state index contributed by atoms with van der Waals surface area (Å²) in [5.41, 5.74) is 2.89. The third-order valence-corrected chi connectivity index (χ3v) is 6.31. The van der Waals surface area contributed by atoms with E-state index < -0.39 is 0 Å². The molecule has 1 saturated heterocycles. The van der Waals surface area contributed by atoms with Crippen LogP contribution < -0.4 is 5.32 Å². The van der Waals surface area contributed by atoms with E-state index in [0.717, 1.165) is 32.5 Å². The number of nitrogens with zero attached hydrogens (tertiary/aromatic N) is 4. The summed E-state index contributed by atoms with van der Waals surface area (Å²) in [7, 11) is 0. The number of carbonyl (C=O) groups excluding carboxylic acids is 1. The van der Waals surface area contributed by atoms with E-state index in [-0.39, 0.29) is 5.91 Å². The van der Waals surface area contributed by atoms with Crippen molar-refractivity contribution in [1.29, 1.82) is 0 Å².